The number of hydrogen-bond donors (Lipinski definition) is 0. The summed E-state index contributed by atoms with van der Waals surface area (Å²) in [5.74, 6) is -0.0772. The van der Waals surface area contributed by atoms with Crippen LogP contribution in [0, 0.1) is 0 Å². The number of carbonyl (C=O) groups is 1. The van der Waals surface area contributed by atoms with Gasteiger partial charge < -0.3 is 0 Å². The van der Waals surface area contributed by atoms with E-state index in [0.717, 1.165) is 15.8 Å². The summed E-state index contributed by atoms with van der Waals surface area (Å²) in [6, 6.07) is 11.6. The molecule has 1 saturated heterocycles. The largest absolute Gasteiger partial charge is 0.282 e. The second-order valence-corrected chi connectivity index (χ2v) is 7.47. The van der Waals surface area contributed by atoms with Crippen LogP contribution in [0.25, 0.3) is 16.3 Å². The maximum atomic E-state index is 12.7. The lowest BCUT2D eigenvalue weighted by atomic mass is 10.2. The average Bonchev–Trinajstić information content (AvgIpc) is 3.19. The maximum Gasteiger partial charge on any atom is 0.267 e. The molecule has 0 aliphatic carbocycles. The summed E-state index contributed by atoms with van der Waals surface area (Å²) in [6.45, 7) is 4.15. The number of hydrogen-bond acceptors (Lipinski definition) is 6. The first kappa shape index (κ1) is 16.7. The summed E-state index contributed by atoms with van der Waals surface area (Å²) in [7, 11) is 0. The molecule has 0 bridgehead atoms. The van der Waals surface area contributed by atoms with E-state index < -0.39 is 0 Å². The van der Waals surface area contributed by atoms with E-state index in [4.69, 9.17) is 0 Å². The number of rotatable bonds is 4. The molecule has 1 aliphatic heterocycles. The number of carbonyl (C=O) groups excluding carboxylic acids is 1. The Balaban J connectivity index is 1.70. The predicted octanol–water partition coefficient (Wildman–Crippen LogP) is 4.48. The lowest BCUT2D eigenvalue weighted by Crippen LogP contribution is -2.29. The molecule has 0 N–H and O–H groups in total. The SMILES string of the molecule is C=CCN1C(=O)/C(=C\c2ccncc2)S/C1=N/c1nc2ccccc2s1. The van der Waals surface area contributed by atoms with E-state index >= 15 is 0 Å². The molecule has 0 saturated carbocycles. The molecular weight excluding hydrogens is 364 g/mol. The molecule has 1 aromatic carbocycles. The van der Waals surface area contributed by atoms with Crippen molar-refractivity contribution in [3.8, 4) is 0 Å². The van der Waals surface area contributed by atoms with Crippen molar-refractivity contribution in [2.75, 3.05) is 6.54 Å². The zero-order chi connectivity index (χ0) is 17.9. The fourth-order valence-electron chi connectivity index (χ4n) is 2.48. The minimum Gasteiger partial charge on any atom is -0.282 e. The smallest absolute Gasteiger partial charge is 0.267 e. The highest BCUT2D eigenvalue weighted by atomic mass is 32.2. The standard InChI is InChI=1S/C19H14N4OS2/c1-2-11-23-17(24)16(12-13-7-9-20-10-8-13)26-19(23)22-18-21-14-5-3-4-6-15(14)25-18/h2-10,12H,1,11H2/b16-12+,22-19+. The topological polar surface area (TPSA) is 58.5 Å². The van der Waals surface area contributed by atoms with Crippen LogP contribution in [-0.2, 0) is 4.79 Å². The molecule has 0 atom stereocenters. The molecule has 3 heterocycles. The number of amidine groups is 1. The summed E-state index contributed by atoms with van der Waals surface area (Å²) >= 11 is 2.86. The molecule has 5 nitrogen and oxygen atoms in total. The summed E-state index contributed by atoms with van der Waals surface area (Å²) < 4.78 is 1.07. The van der Waals surface area contributed by atoms with E-state index in [2.05, 4.69) is 21.5 Å². The molecule has 0 unspecified atom stereocenters. The van der Waals surface area contributed by atoms with Gasteiger partial charge in [-0.05, 0) is 47.7 Å². The Morgan fingerprint density at radius 1 is 1.19 bits per heavy atom. The van der Waals surface area contributed by atoms with E-state index in [0.29, 0.717) is 21.7 Å². The van der Waals surface area contributed by atoms with Crippen LogP contribution in [0.5, 0.6) is 0 Å². The molecular formula is C19H14N4OS2. The van der Waals surface area contributed by atoms with Crippen LogP contribution >= 0.6 is 23.1 Å². The van der Waals surface area contributed by atoms with Crippen LogP contribution in [-0.4, -0.2) is 32.5 Å². The fraction of sp³-hybridized carbons (Fsp3) is 0.0526. The van der Waals surface area contributed by atoms with Gasteiger partial charge in [0.25, 0.3) is 5.91 Å². The third-order valence-electron chi connectivity index (χ3n) is 3.68. The van der Waals surface area contributed by atoms with Gasteiger partial charge in [-0.3, -0.25) is 14.7 Å². The summed E-state index contributed by atoms with van der Waals surface area (Å²) in [5.41, 5.74) is 1.84. The van der Waals surface area contributed by atoms with Gasteiger partial charge >= 0.3 is 0 Å². The zero-order valence-corrected chi connectivity index (χ0v) is 15.3. The molecule has 3 aromatic rings. The molecule has 0 spiro atoms. The van der Waals surface area contributed by atoms with Crippen LogP contribution in [0.15, 0.2) is 71.3 Å². The van der Waals surface area contributed by atoms with Crippen molar-refractivity contribution in [2.24, 2.45) is 4.99 Å². The van der Waals surface area contributed by atoms with Gasteiger partial charge in [-0.2, -0.15) is 4.99 Å². The van der Waals surface area contributed by atoms with E-state index in [-0.39, 0.29) is 5.91 Å². The Labute approximate surface area is 158 Å². The number of aliphatic imine (C=N–C) groups is 1. The number of fused-ring (bicyclic) bond motifs is 1. The quantitative estimate of drug-likeness (QED) is 0.496. The van der Waals surface area contributed by atoms with Gasteiger partial charge in [0.2, 0.25) is 5.13 Å². The number of thioether (sulfide) groups is 1. The van der Waals surface area contributed by atoms with E-state index in [9.17, 15) is 4.79 Å². The Morgan fingerprint density at radius 2 is 2.00 bits per heavy atom. The van der Waals surface area contributed by atoms with E-state index in [1.165, 1.54) is 23.1 Å². The highest BCUT2D eigenvalue weighted by molar-refractivity contribution is 8.18. The first-order valence-corrected chi connectivity index (χ1v) is 9.54. The summed E-state index contributed by atoms with van der Waals surface area (Å²) in [5, 5.41) is 1.26. The van der Waals surface area contributed by atoms with Crippen molar-refractivity contribution in [3.63, 3.8) is 0 Å². The molecule has 7 heteroatoms. The molecule has 1 aliphatic rings. The maximum absolute atomic E-state index is 12.7. The van der Waals surface area contributed by atoms with Gasteiger partial charge in [-0.25, -0.2) is 4.98 Å². The Bertz CT molecular complexity index is 1010. The molecule has 128 valence electrons. The number of nitrogens with zero attached hydrogens (tertiary/aromatic N) is 4. The predicted molar refractivity (Wildman–Crippen MR) is 108 cm³/mol. The number of aromatic nitrogens is 2. The molecule has 4 rings (SSSR count). The summed E-state index contributed by atoms with van der Waals surface area (Å²) in [6.07, 6.45) is 6.95. The van der Waals surface area contributed by atoms with Gasteiger partial charge in [-0.15, -0.1) is 6.58 Å². The van der Waals surface area contributed by atoms with Crippen molar-refractivity contribution < 1.29 is 4.79 Å². The van der Waals surface area contributed by atoms with Crippen molar-refractivity contribution >= 4 is 55.6 Å². The first-order chi connectivity index (χ1) is 12.7. The highest BCUT2D eigenvalue weighted by Gasteiger charge is 2.32. The van der Waals surface area contributed by atoms with Gasteiger partial charge in [0, 0.05) is 18.9 Å². The lowest BCUT2D eigenvalue weighted by molar-refractivity contribution is -0.121. The van der Waals surface area contributed by atoms with Crippen LogP contribution in [0.4, 0.5) is 5.13 Å². The Kier molecular flexibility index (Phi) is 4.64. The van der Waals surface area contributed by atoms with Crippen molar-refractivity contribution in [1.82, 2.24) is 14.9 Å². The molecule has 2 aromatic heterocycles. The van der Waals surface area contributed by atoms with Crippen molar-refractivity contribution in [3.05, 3.63) is 71.9 Å². The minimum absolute atomic E-state index is 0.0772. The van der Waals surface area contributed by atoms with Crippen molar-refractivity contribution in [2.45, 2.75) is 0 Å². The fourth-order valence-corrected chi connectivity index (χ4v) is 4.37. The number of amides is 1. The monoisotopic (exact) mass is 378 g/mol. The first-order valence-electron chi connectivity index (χ1n) is 7.91. The van der Waals surface area contributed by atoms with Crippen LogP contribution < -0.4 is 0 Å². The van der Waals surface area contributed by atoms with E-state index in [1.807, 2.05) is 42.5 Å². The normalized spacial score (nSPS) is 17.5. The Hall–Kier alpha value is -2.77. The summed E-state index contributed by atoms with van der Waals surface area (Å²) in [4.78, 5) is 28.2. The third-order valence-corrected chi connectivity index (χ3v) is 5.61. The molecule has 26 heavy (non-hydrogen) atoms. The second-order valence-electron chi connectivity index (χ2n) is 5.45. The minimum atomic E-state index is -0.0772. The van der Waals surface area contributed by atoms with Crippen LogP contribution in [0.1, 0.15) is 5.56 Å². The van der Waals surface area contributed by atoms with Crippen molar-refractivity contribution in [1.29, 1.82) is 0 Å². The van der Waals surface area contributed by atoms with Gasteiger partial charge in [0.05, 0.1) is 15.1 Å². The van der Waals surface area contributed by atoms with Crippen LogP contribution in [0.3, 0.4) is 0 Å². The molecule has 1 amide bonds. The second kappa shape index (κ2) is 7.23. The third kappa shape index (κ3) is 3.31. The molecule has 1 fully saturated rings. The zero-order valence-electron chi connectivity index (χ0n) is 13.7. The average molecular weight is 378 g/mol. The van der Waals surface area contributed by atoms with E-state index in [1.54, 1.807) is 23.4 Å². The lowest BCUT2D eigenvalue weighted by Gasteiger charge is -2.11. The highest BCUT2D eigenvalue weighted by Crippen LogP contribution is 2.36. The Morgan fingerprint density at radius 3 is 2.77 bits per heavy atom. The van der Waals surface area contributed by atoms with Gasteiger partial charge in [0.15, 0.2) is 5.17 Å². The van der Waals surface area contributed by atoms with Gasteiger partial charge in [0.1, 0.15) is 0 Å². The number of pyridine rings is 1. The molecule has 0 radical (unpaired) electrons. The number of para-hydroxylation sites is 1. The van der Waals surface area contributed by atoms with Gasteiger partial charge in [-0.1, -0.05) is 29.5 Å². The van der Waals surface area contributed by atoms with Crippen LogP contribution in [0.2, 0.25) is 0 Å². The number of benzene rings is 1. The number of thiazole rings is 1.